The van der Waals surface area contributed by atoms with E-state index in [1.165, 1.54) is 12.8 Å². The molecule has 0 saturated heterocycles. The smallest absolute Gasteiger partial charge is 0.410 e. The molecule has 1 amide bonds. The lowest BCUT2D eigenvalue weighted by Gasteiger charge is -2.22. The maximum atomic E-state index is 12.6. The fourth-order valence-electron chi connectivity index (χ4n) is 3.48. The van der Waals surface area contributed by atoms with Gasteiger partial charge >= 0.3 is 6.09 Å². The molecule has 1 aliphatic rings. The SMILES string of the molecule is CC(C)c1cccc([C@@H](C)C2CC2)c1OC(=O)N[C@H](C)c1ccccc1. The third kappa shape index (κ3) is 4.27. The highest BCUT2D eigenvalue weighted by Gasteiger charge is 2.32. The second kappa shape index (κ2) is 7.94. The normalized spacial score (nSPS) is 16.2. The van der Waals surface area contributed by atoms with E-state index in [1.807, 2.05) is 37.3 Å². The van der Waals surface area contributed by atoms with Crippen LogP contribution in [0.25, 0.3) is 0 Å². The van der Waals surface area contributed by atoms with Gasteiger partial charge in [0.1, 0.15) is 5.75 Å². The molecule has 1 aliphatic carbocycles. The predicted octanol–water partition coefficient (Wildman–Crippen LogP) is 6.17. The Kier molecular flexibility index (Phi) is 5.65. The number of carbonyl (C=O) groups is 1. The van der Waals surface area contributed by atoms with Gasteiger partial charge in [-0.15, -0.1) is 0 Å². The van der Waals surface area contributed by atoms with E-state index in [1.54, 1.807) is 0 Å². The molecule has 0 unspecified atom stereocenters. The van der Waals surface area contributed by atoms with Crippen LogP contribution < -0.4 is 10.1 Å². The van der Waals surface area contributed by atoms with Crippen molar-refractivity contribution in [3.8, 4) is 5.75 Å². The first-order chi connectivity index (χ1) is 12.5. The average molecular weight is 351 g/mol. The van der Waals surface area contributed by atoms with E-state index in [2.05, 4.69) is 44.3 Å². The Bertz CT molecular complexity index is 750. The Balaban J connectivity index is 1.80. The minimum absolute atomic E-state index is 0.0979. The van der Waals surface area contributed by atoms with Crippen molar-refractivity contribution in [2.45, 2.75) is 58.4 Å². The summed E-state index contributed by atoms with van der Waals surface area (Å²) in [7, 11) is 0. The van der Waals surface area contributed by atoms with Gasteiger partial charge in [0, 0.05) is 0 Å². The predicted molar refractivity (Wildman–Crippen MR) is 106 cm³/mol. The number of amides is 1. The summed E-state index contributed by atoms with van der Waals surface area (Å²) in [4.78, 5) is 12.6. The first kappa shape index (κ1) is 18.5. The quantitative estimate of drug-likeness (QED) is 0.675. The van der Waals surface area contributed by atoms with Crippen LogP contribution >= 0.6 is 0 Å². The zero-order chi connectivity index (χ0) is 18.7. The van der Waals surface area contributed by atoms with E-state index >= 15 is 0 Å². The van der Waals surface area contributed by atoms with Gasteiger partial charge in [0.05, 0.1) is 6.04 Å². The summed E-state index contributed by atoms with van der Waals surface area (Å²) in [6.45, 7) is 8.49. The number of hydrogen-bond donors (Lipinski definition) is 1. The Morgan fingerprint density at radius 2 is 1.62 bits per heavy atom. The van der Waals surface area contributed by atoms with Crippen LogP contribution in [0.4, 0.5) is 4.79 Å². The average Bonchev–Trinajstić information content (AvgIpc) is 3.47. The van der Waals surface area contributed by atoms with Crippen molar-refractivity contribution >= 4 is 6.09 Å². The van der Waals surface area contributed by atoms with Gasteiger partial charge in [-0.3, -0.25) is 0 Å². The summed E-state index contributed by atoms with van der Waals surface area (Å²) in [5.74, 6) is 2.18. The standard InChI is InChI=1S/C23H29NO2/c1-15(2)20-11-8-12-21(16(3)18-13-14-18)22(20)26-23(25)24-17(4)19-9-6-5-7-10-19/h5-12,15-18H,13-14H2,1-4H3,(H,24,25)/t16-,17+/m0/s1. The molecular formula is C23H29NO2. The number of nitrogens with one attached hydrogen (secondary N) is 1. The molecule has 2 aromatic rings. The minimum atomic E-state index is -0.390. The second-order valence-corrected chi connectivity index (χ2v) is 7.71. The largest absolute Gasteiger partial charge is 0.413 e. The third-order valence-electron chi connectivity index (χ3n) is 5.35. The maximum absolute atomic E-state index is 12.6. The second-order valence-electron chi connectivity index (χ2n) is 7.71. The van der Waals surface area contributed by atoms with Crippen molar-refractivity contribution in [3.05, 3.63) is 65.2 Å². The van der Waals surface area contributed by atoms with Crippen molar-refractivity contribution < 1.29 is 9.53 Å². The highest BCUT2D eigenvalue weighted by atomic mass is 16.6. The zero-order valence-electron chi connectivity index (χ0n) is 16.2. The van der Waals surface area contributed by atoms with Crippen LogP contribution in [0.2, 0.25) is 0 Å². The third-order valence-corrected chi connectivity index (χ3v) is 5.35. The Morgan fingerprint density at radius 3 is 2.23 bits per heavy atom. The number of benzene rings is 2. The molecule has 0 spiro atoms. The van der Waals surface area contributed by atoms with E-state index in [0.29, 0.717) is 17.8 Å². The fourth-order valence-corrected chi connectivity index (χ4v) is 3.48. The van der Waals surface area contributed by atoms with Crippen LogP contribution in [0.15, 0.2) is 48.5 Å². The van der Waals surface area contributed by atoms with Crippen molar-refractivity contribution in [2.24, 2.45) is 5.92 Å². The maximum Gasteiger partial charge on any atom is 0.413 e. The van der Waals surface area contributed by atoms with Gasteiger partial charge in [0.15, 0.2) is 0 Å². The molecule has 3 nitrogen and oxygen atoms in total. The Morgan fingerprint density at radius 1 is 0.962 bits per heavy atom. The van der Waals surface area contributed by atoms with Gasteiger partial charge in [-0.1, -0.05) is 69.3 Å². The van der Waals surface area contributed by atoms with Crippen molar-refractivity contribution in [1.82, 2.24) is 5.32 Å². The topological polar surface area (TPSA) is 38.3 Å². The molecule has 138 valence electrons. The first-order valence-electron chi connectivity index (χ1n) is 9.63. The number of rotatable bonds is 6. The molecule has 1 saturated carbocycles. The summed E-state index contributed by atoms with van der Waals surface area (Å²) >= 11 is 0. The molecule has 26 heavy (non-hydrogen) atoms. The van der Waals surface area contributed by atoms with Crippen LogP contribution in [0.5, 0.6) is 5.75 Å². The van der Waals surface area contributed by atoms with Crippen molar-refractivity contribution in [2.75, 3.05) is 0 Å². The van der Waals surface area contributed by atoms with Gasteiger partial charge in [-0.2, -0.15) is 0 Å². The molecular weight excluding hydrogens is 322 g/mol. The van der Waals surface area contributed by atoms with E-state index in [9.17, 15) is 4.79 Å². The highest BCUT2D eigenvalue weighted by Crippen LogP contribution is 2.46. The monoisotopic (exact) mass is 351 g/mol. The van der Waals surface area contributed by atoms with Crippen LogP contribution in [0.1, 0.15) is 75.1 Å². The van der Waals surface area contributed by atoms with Crippen molar-refractivity contribution in [3.63, 3.8) is 0 Å². The zero-order valence-corrected chi connectivity index (χ0v) is 16.2. The summed E-state index contributed by atoms with van der Waals surface area (Å²) in [5.41, 5.74) is 3.31. The number of hydrogen-bond acceptors (Lipinski definition) is 2. The summed E-state index contributed by atoms with van der Waals surface area (Å²) in [6, 6.07) is 16.1. The molecule has 0 radical (unpaired) electrons. The molecule has 0 heterocycles. The van der Waals surface area contributed by atoms with Gasteiger partial charge in [0.25, 0.3) is 0 Å². The molecule has 2 aromatic carbocycles. The molecule has 3 heteroatoms. The highest BCUT2D eigenvalue weighted by molar-refractivity contribution is 5.72. The summed E-state index contributed by atoms with van der Waals surface area (Å²) < 4.78 is 5.88. The van der Waals surface area contributed by atoms with Crippen LogP contribution in [0.3, 0.4) is 0 Å². The van der Waals surface area contributed by atoms with Gasteiger partial charge in [0.2, 0.25) is 0 Å². The lowest BCUT2D eigenvalue weighted by Crippen LogP contribution is -2.30. The lowest BCUT2D eigenvalue weighted by atomic mass is 9.90. The molecule has 0 aliphatic heterocycles. The Labute approximate surface area is 156 Å². The van der Waals surface area contributed by atoms with Crippen molar-refractivity contribution in [1.29, 1.82) is 0 Å². The van der Waals surface area contributed by atoms with Gasteiger partial charge in [-0.05, 0) is 54.2 Å². The molecule has 0 bridgehead atoms. The van der Waals surface area contributed by atoms with E-state index in [-0.39, 0.29) is 6.04 Å². The van der Waals surface area contributed by atoms with E-state index in [0.717, 1.165) is 22.4 Å². The fraction of sp³-hybridized carbons (Fsp3) is 0.435. The molecule has 3 rings (SSSR count). The van der Waals surface area contributed by atoms with E-state index < -0.39 is 6.09 Å². The van der Waals surface area contributed by atoms with Gasteiger partial charge < -0.3 is 10.1 Å². The Hall–Kier alpha value is -2.29. The van der Waals surface area contributed by atoms with Crippen LogP contribution in [0, 0.1) is 5.92 Å². The molecule has 2 atom stereocenters. The summed E-state index contributed by atoms with van der Waals surface area (Å²) in [6.07, 6.45) is 2.15. The minimum Gasteiger partial charge on any atom is -0.410 e. The number of para-hydroxylation sites is 1. The number of carbonyl (C=O) groups excluding carboxylic acids is 1. The molecule has 0 aromatic heterocycles. The summed E-state index contributed by atoms with van der Waals surface area (Å²) in [5, 5.41) is 2.96. The van der Waals surface area contributed by atoms with Crippen LogP contribution in [-0.4, -0.2) is 6.09 Å². The van der Waals surface area contributed by atoms with Crippen LogP contribution in [-0.2, 0) is 0 Å². The lowest BCUT2D eigenvalue weighted by molar-refractivity contribution is 0.195. The van der Waals surface area contributed by atoms with Gasteiger partial charge in [-0.25, -0.2) is 4.79 Å². The molecule has 1 N–H and O–H groups in total. The van der Waals surface area contributed by atoms with E-state index in [4.69, 9.17) is 4.74 Å². The number of ether oxygens (including phenoxy) is 1. The first-order valence-corrected chi connectivity index (χ1v) is 9.63. The molecule has 1 fully saturated rings.